The van der Waals surface area contributed by atoms with Crippen LogP contribution in [0.2, 0.25) is 0 Å². The smallest absolute Gasteiger partial charge is 0.326 e. The average molecular weight is 443 g/mol. The van der Waals surface area contributed by atoms with Crippen molar-refractivity contribution in [1.29, 1.82) is 0 Å². The summed E-state index contributed by atoms with van der Waals surface area (Å²) in [5, 5.41) is 22.6. The summed E-state index contributed by atoms with van der Waals surface area (Å²) in [5.74, 6) is -4.64. The number of aliphatic carboxylic acids is 2. The number of nitrogens with one attached hydrogen (secondary N) is 2. The van der Waals surface area contributed by atoms with Gasteiger partial charge in [-0.05, 0) is 25.7 Å². The maximum absolute atomic E-state index is 12.9. The van der Waals surface area contributed by atoms with Crippen molar-refractivity contribution < 1.29 is 34.2 Å². The Kier molecular flexibility index (Phi) is 10.2. The zero-order chi connectivity index (χ0) is 23.6. The van der Waals surface area contributed by atoms with E-state index in [4.69, 9.17) is 22.3 Å². The number of nitrogens with two attached hydrogens (primary N) is 3. The topological polar surface area (TPSA) is 244 Å². The van der Waals surface area contributed by atoms with Gasteiger partial charge in [0.1, 0.15) is 12.1 Å². The van der Waals surface area contributed by atoms with Crippen LogP contribution in [0.15, 0.2) is 4.99 Å². The van der Waals surface area contributed by atoms with Crippen LogP contribution in [0.3, 0.4) is 0 Å². The molecule has 1 aliphatic heterocycles. The lowest BCUT2D eigenvalue weighted by Crippen LogP contribution is -2.53. The van der Waals surface area contributed by atoms with Gasteiger partial charge in [-0.1, -0.05) is 0 Å². The molecule has 1 saturated heterocycles. The van der Waals surface area contributed by atoms with Crippen LogP contribution >= 0.6 is 0 Å². The van der Waals surface area contributed by atoms with Crippen LogP contribution in [-0.4, -0.2) is 88.5 Å². The number of hydrogen-bond donors (Lipinski definition) is 7. The highest BCUT2D eigenvalue weighted by Crippen LogP contribution is 2.19. The van der Waals surface area contributed by atoms with Crippen LogP contribution < -0.4 is 27.8 Å². The molecule has 1 rings (SSSR count). The first-order chi connectivity index (χ1) is 14.5. The van der Waals surface area contributed by atoms with Crippen molar-refractivity contribution in [3.8, 4) is 0 Å². The number of guanidine groups is 1. The zero-order valence-electron chi connectivity index (χ0n) is 17.0. The monoisotopic (exact) mass is 443 g/mol. The summed E-state index contributed by atoms with van der Waals surface area (Å²) in [5.41, 5.74) is 15.9. The van der Waals surface area contributed by atoms with Crippen LogP contribution in [0, 0.1) is 0 Å². The third-order valence-electron chi connectivity index (χ3n) is 4.55. The first kappa shape index (κ1) is 25.6. The average Bonchev–Trinajstić information content (AvgIpc) is 3.17. The highest BCUT2D eigenvalue weighted by atomic mass is 16.4. The third kappa shape index (κ3) is 8.86. The van der Waals surface area contributed by atoms with Crippen molar-refractivity contribution >= 4 is 35.6 Å². The third-order valence-corrected chi connectivity index (χ3v) is 4.55. The normalized spacial score (nSPS) is 17.3. The van der Waals surface area contributed by atoms with Gasteiger partial charge in [0.2, 0.25) is 17.7 Å². The molecular weight excluding hydrogens is 414 g/mol. The molecule has 14 nitrogen and oxygen atoms in total. The van der Waals surface area contributed by atoms with Crippen molar-refractivity contribution in [2.75, 3.05) is 19.6 Å². The van der Waals surface area contributed by atoms with Gasteiger partial charge in [-0.3, -0.25) is 24.2 Å². The van der Waals surface area contributed by atoms with Gasteiger partial charge in [0.15, 0.2) is 5.96 Å². The van der Waals surface area contributed by atoms with E-state index in [9.17, 15) is 29.1 Å². The lowest BCUT2D eigenvalue weighted by Gasteiger charge is -2.27. The Labute approximate surface area is 178 Å². The Bertz CT molecular complexity index is 724. The molecule has 0 saturated carbocycles. The van der Waals surface area contributed by atoms with Gasteiger partial charge < -0.3 is 42.9 Å². The quantitative estimate of drug-likeness (QED) is 0.0891. The SMILES string of the molecule is NC(N)=NCCCC(NC(=O)CNC(=O)C(N)CC(=O)O)C(=O)N1CCCC1C(=O)O. The second kappa shape index (κ2) is 12.3. The maximum atomic E-state index is 12.9. The molecule has 0 aliphatic carbocycles. The fourth-order valence-corrected chi connectivity index (χ4v) is 3.07. The van der Waals surface area contributed by atoms with Crippen LogP contribution in [-0.2, 0) is 24.0 Å². The molecule has 0 bridgehead atoms. The molecule has 1 heterocycles. The highest BCUT2D eigenvalue weighted by molar-refractivity contribution is 5.93. The number of aliphatic imine (C=N–C) groups is 1. The molecule has 0 aromatic carbocycles. The largest absolute Gasteiger partial charge is 0.481 e. The molecule has 3 atom stereocenters. The molecule has 174 valence electrons. The molecule has 31 heavy (non-hydrogen) atoms. The molecule has 3 amide bonds. The summed E-state index contributed by atoms with van der Waals surface area (Å²) >= 11 is 0. The number of carboxylic acids is 2. The summed E-state index contributed by atoms with van der Waals surface area (Å²) < 4.78 is 0. The number of rotatable bonds is 12. The fourth-order valence-electron chi connectivity index (χ4n) is 3.07. The minimum atomic E-state index is -1.33. The first-order valence-corrected chi connectivity index (χ1v) is 9.66. The summed E-state index contributed by atoms with van der Waals surface area (Å²) in [6.07, 6.45) is 0.694. The molecule has 1 fully saturated rings. The Morgan fingerprint density at radius 1 is 1.16 bits per heavy atom. The van der Waals surface area contributed by atoms with E-state index in [0.717, 1.165) is 0 Å². The van der Waals surface area contributed by atoms with Gasteiger partial charge in [0.25, 0.3) is 0 Å². The number of amides is 3. The van der Waals surface area contributed by atoms with Gasteiger partial charge in [-0.25, -0.2) is 4.79 Å². The van der Waals surface area contributed by atoms with Crippen LogP contribution in [0.5, 0.6) is 0 Å². The van der Waals surface area contributed by atoms with Gasteiger partial charge in [-0.15, -0.1) is 0 Å². The van der Waals surface area contributed by atoms with Crippen molar-refractivity contribution in [1.82, 2.24) is 15.5 Å². The molecular formula is C17H29N7O7. The Morgan fingerprint density at radius 3 is 2.42 bits per heavy atom. The second-order valence-electron chi connectivity index (χ2n) is 7.02. The Morgan fingerprint density at radius 2 is 1.84 bits per heavy atom. The van der Waals surface area contributed by atoms with E-state index in [0.29, 0.717) is 19.3 Å². The molecule has 1 aliphatic rings. The van der Waals surface area contributed by atoms with Gasteiger partial charge in [0, 0.05) is 13.1 Å². The second-order valence-corrected chi connectivity index (χ2v) is 7.02. The maximum Gasteiger partial charge on any atom is 0.326 e. The predicted octanol–water partition coefficient (Wildman–Crippen LogP) is -3.48. The molecule has 0 spiro atoms. The van der Waals surface area contributed by atoms with E-state index in [1.165, 1.54) is 4.90 Å². The van der Waals surface area contributed by atoms with E-state index in [-0.39, 0.29) is 25.5 Å². The van der Waals surface area contributed by atoms with Gasteiger partial charge in [0.05, 0.1) is 19.0 Å². The lowest BCUT2D eigenvalue weighted by molar-refractivity contribution is -0.149. The first-order valence-electron chi connectivity index (χ1n) is 9.66. The molecule has 14 heteroatoms. The van der Waals surface area contributed by atoms with Crippen molar-refractivity contribution in [3.05, 3.63) is 0 Å². The van der Waals surface area contributed by atoms with Gasteiger partial charge in [-0.2, -0.15) is 0 Å². The summed E-state index contributed by atoms with van der Waals surface area (Å²) in [6, 6.07) is -3.35. The van der Waals surface area contributed by atoms with E-state index < -0.39 is 60.8 Å². The van der Waals surface area contributed by atoms with Crippen molar-refractivity contribution in [2.45, 2.75) is 50.2 Å². The zero-order valence-corrected chi connectivity index (χ0v) is 17.0. The molecule has 0 aromatic heterocycles. The number of likely N-dealkylation sites (tertiary alicyclic amines) is 1. The number of carbonyl (C=O) groups excluding carboxylic acids is 3. The summed E-state index contributed by atoms with van der Waals surface area (Å²) in [6.45, 7) is -0.0891. The number of nitrogens with zero attached hydrogens (tertiary/aromatic N) is 2. The van der Waals surface area contributed by atoms with E-state index in [1.807, 2.05) is 0 Å². The minimum absolute atomic E-state index is 0.127. The standard InChI is InChI=1S/C17H29N7O7/c18-9(7-13(26)27)14(28)22-8-12(25)23-10(3-1-5-21-17(19)20)15(29)24-6-2-4-11(24)16(30)31/h9-11H,1-8,18H2,(H,22,28)(H,23,25)(H,26,27)(H,30,31)(H4,19,20,21). The fraction of sp³-hybridized carbons (Fsp3) is 0.647. The van der Waals surface area contributed by atoms with E-state index in [1.54, 1.807) is 0 Å². The summed E-state index contributed by atoms with van der Waals surface area (Å²) in [4.78, 5) is 63.9. The Hall–Kier alpha value is -3.42. The molecule has 0 aromatic rings. The molecule has 10 N–H and O–H groups in total. The van der Waals surface area contributed by atoms with Crippen molar-refractivity contribution in [2.24, 2.45) is 22.2 Å². The minimum Gasteiger partial charge on any atom is -0.481 e. The van der Waals surface area contributed by atoms with Crippen LogP contribution in [0.4, 0.5) is 0 Å². The van der Waals surface area contributed by atoms with Crippen molar-refractivity contribution in [3.63, 3.8) is 0 Å². The number of hydrogen-bond acceptors (Lipinski definition) is 7. The lowest BCUT2D eigenvalue weighted by atomic mass is 10.1. The predicted molar refractivity (Wildman–Crippen MR) is 107 cm³/mol. The summed E-state index contributed by atoms with van der Waals surface area (Å²) in [7, 11) is 0. The van der Waals surface area contributed by atoms with E-state index in [2.05, 4.69) is 15.6 Å². The molecule has 3 unspecified atom stereocenters. The number of carboxylic acid groups (broad SMARTS) is 2. The molecule has 0 radical (unpaired) electrons. The number of carbonyl (C=O) groups is 5. The Balaban J connectivity index is 2.74. The van der Waals surface area contributed by atoms with Crippen LogP contribution in [0.25, 0.3) is 0 Å². The van der Waals surface area contributed by atoms with E-state index >= 15 is 0 Å². The van der Waals surface area contributed by atoms with Gasteiger partial charge >= 0.3 is 11.9 Å². The van der Waals surface area contributed by atoms with Crippen LogP contribution in [0.1, 0.15) is 32.1 Å². The highest BCUT2D eigenvalue weighted by Gasteiger charge is 2.37.